The van der Waals surface area contributed by atoms with Crippen molar-refractivity contribution in [2.75, 3.05) is 51.5 Å². The molecule has 192 valence electrons. The number of carbonyl (C=O) groups is 2. The number of fused-ring (bicyclic) bond motifs is 1. The summed E-state index contributed by atoms with van der Waals surface area (Å²) in [5.41, 5.74) is 0.868. The van der Waals surface area contributed by atoms with Crippen LogP contribution in [0.1, 0.15) is 18.4 Å². The lowest BCUT2D eigenvalue weighted by atomic mass is 10.1. The summed E-state index contributed by atoms with van der Waals surface area (Å²) in [6.07, 6.45) is 2.06. The van der Waals surface area contributed by atoms with Crippen LogP contribution in [0.4, 0.5) is 11.4 Å². The number of hydrogen-bond donors (Lipinski definition) is 1. The monoisotopic (exact) mass is 498 g/mol. The van der Waals surface area contributed by atoms with E-state index in [4.69, 9.17) is 14.2 Å². The maximum absolute atomic E-state index is 12.6. The molecular formula is C25H30N4O7. The highest BCUT2D eigenvalue weighted by Crippen LogP contribution is 2.35. The Hall–Kier alpha value is -3.70. The zero-order valence-electron chi connectivity index (χ0n) is 20.2. The highest BCUT2D eigenvalue weighted by atomic mass is 16.6. The molecule has 2 heterocycles. The second-order valence-corrected chi connectivity index (χ2v) is 8.77. The van der Waals surface area contributed by atoms with E-state index in [2.05, 4.69) is 17.3 Å². The summed E-state index contributed by atoms with van der Waals surface area (Å²) in [7, 11) is 2.10. The molecule has 0 bridgehead atoms. The van der Waals surface area contributed by atoms with Gasteiger partial charge < -0.3 is 19.5 Å². The Kier molecular flexibility index (Phi) is 8.34. The van der Waals surface area contributed by atoms with Crippen molar-refractivity contribution in [1.29, 1.82) is 0 Å². The maximum Gasteiger partial charge on any atom is 0.271 e. The molecule has 36 heavy (non-hydrogen) atoms. The van der Waals surface area contributed by atoms with E-state index in [-0.39, 0.29) is 31.1 Å². The first-order valence-corrected chi connectivity index (χ1v) is 11.9. The Morgan fingerprint density at radius 3 is 2.83 bits per heavy atom. The number of nitrogens with one attached hydrogen (secondary N) is 1. The molecule has 0 aliphatic carbocycles. The van der Waals surface area contributed by atoms with Gasteiger partial charge in [-0.1, -0.05) is 12.1 Å². The minimum Gasteiger partial charge on any atom is -0.492 e. The minimum absolute atomic E-state index is 0.187. The third-order valence-electron chi connectivity index (χ3n) is 6.31. The lowest BCUT2D eigenvalue weighted by Crippen LogP contribution is -2.45. The number of nitro benzene ring substituents is 1. The number of amides is 2. The molecule has 0 unspecified atom stereocenters. The lowest BCUT2D eigenvalue weighted by Gasteiger charge is -2.31. The van der Waals surface area contributed by atoms with Crippen LogP contribution in [-0.4, -0.2) is 74.2 Å². The van der Waals surface area contributed by atoms with Crippen molar-refractivity contribution in [1.82, 2.24) is 10.2 Å². The summed E-state index contributed by atoms with van der Waals surface area (Å²) >= 11 is 0. The zero-order chi connectivity index (χ0) is 25.5. The Bertz CT molecular complexity index is 1100. The fraction of sp³-hybridized carbons (Fsp3) is 0.440. The Labute approximate surface area is 209 Å². The quantitative estimate of drug-likeness (QED) is 0.390. The molecule has 0 radical (unpaired) electrons. The molecule has 11 heteroatoms. The van der Waals surface area contributed by atoms with Crippen LogP contribution in [0, 0.1) is 10.1 Å². The van der Waals surface area contributed by atoms with Crippen molar-refractivity contribution < 1.29 is 28.7 Å². The molecular weight excluding hydrogens is 468 g/mol. The second kappa shape index (κ2) is 11.8. The van der Waals surface area contributed by atoms with E-state index in [0.29, 0.717) is 24.1 Å². The molecule has 0 aromatic heterocycles. The van der Waals surface area contributed by atoms with E-state index in [9.17, 15) is 19.7 Å². The molecule has 2 aromatic rings. The van der Waals surface area contributed by atoms with Gasteiger partial charge in [0, 0.05) is 44.5 Å². The standard InChI is InChI=1S/C25H30N4O7/c1-27(19-7-10-34-11-8-19)9-12-35-21-4-2-3-18(13-21)15-26-24(30)16-28-22-14-20(29(32)33)5-6-23(22)36-17-25(28)31/h2-6,13-14,19H,7-12,15-17H2,1H3,(H,26,30). The van der Waals surface area contributed by atoms with Gasteiger partial charge in [-0.15, -0.1) is 0 Å². The van der Waals surface area contributed by atoms with Gasteiger partial charge in [0.05, 0.1) is 10.6 Å². The van der Waals surface area contributed by atoms with Crippen molar-refractivity contribution in [3.8, 4) is 11.5 Å². The van der Waals surface area contributed by atoms with Gasteiger partial charge in [0.2, 0.25) is 5.91 Å². The number of non-ortho nitro benzene ring substituents is 1. The first-order chi connectivity index (χ1) is 17.4. The van der Waals surface area contributed by atoms with Crippen LogP contribution in [0.25, 0.3) is 0 Å². The Morgan fingerprint density at radius 1 is 1.25 bits per heavy atom. The normalized spacial score (nSPS) is 15.8. The maximum atomic E-state index is 12.6. The first kappa shape index (κ1) is 25.4. The third kappa shape index (κ3) is 6.49. The molecule has 1 N–H and O–H groups in total. The van der Waals surface area contributed by atoms with E-state index in [1.807, 2.05) is 24.3 Å². The topological polar surface area (TPSA) is 123 Å². The molecule has 0 spiro atoms. The number of benzene rings is 2. The summed E-state index contributed by atoms with van der Waals surface area (Å²) in [6, 6.07) is 12.0. The van der Waals surface area contributed by atoms with Gasteiger partial charge in [-0.2, -0.15) is 0 Å². The summed E-state index contributed by atoms with van der Waals surface area (Å²) < 4.78 is 16.7. The summed E-state index contributed by atoms with van der Waals surface area (Å²) in [6.45, 7) is 2.70. The van der Waals surface area contributed by atoms with Crippen molar-refractivity contribution in [3.63, 3.8) is 0 Å². The van der Waals surface area contributed by atoms with E-state index in [0.717, 1.165) is 38.2 Å². The molecule has 1 saturated heterocycles. The minimum atomic E-state index is -0.560. The molecule has 11 nitrogen and oxygen atoms in total. The van der Waals surface area contributed by atoms with Gasteiger partial charge in [-0.25, -0.2) is 0 Å². The smallest absolute Gasteiger partial charge is 0.271 e. The predicted octanol–water partition coefficient (Wildman–Crippen LogP) is 2.13. The van der Waals surface area contributed by atoms with Crippen LogP contribution in [-0.2, 0) is 20.9 Å². The fourth-order valence-electron chi connectivity index (χ4n) is 4.24. The fourth-order valence-corrected chi connectivity index (χ4v) is 4.24. The van der Waals surface area contributed by atoms with Crippen molar-refractivity contribution in [2.24, 2.45) is 0 Å². The Balaban J connectivity index is 1.28. The van der Waals surface area contributed by atoms with Crippen molar-refractivity contribution in [3.05, 3.63) is 58.1 Å². The molecule has 0 atom stereocenters. The average molecular weight is 499 g/mol. The van der Waals surface area contributed by atoms with E-state index in [1.54, 1.807) is 0 Å². The van der Waals surface area contributed by atoms with Gasteiger partial charge >= 0.3 is 0 Å². The molecule has 2 aliphatic heterocycles. The van der Waals surface area contributed by atoms with E-state index >= 15 is 0 Å². The number of nitrogens with zero attached hydrogens (tertiary/aromatic N) is 3. The highest BCUT2D eigenvalue weighted by Gasteiger charge is 2.29. The first-order valence-electron chi connectivity index (χ1n) is 11.9. The predicted molar refractivity (Wildman–Crippen MR) is 131 cm³/mol. The summed E-state index contributed by atoms with van der Waals surface area (Å²) in [5.74, 6) is 0.193. The molecule has 0 saturated carbocycles. The number of nitro groups is 1. The van der Waals surface area contributed by atoms with Crippen LogP contribution < -0.4 is 19.7 Å². The van der Waals surface area contributed by atoms with Crippen LogP contribution in [0.15, 0.2) is 42.5 Å². The van der Waals surface area contributed by atoms with E-state index < -0.39 is 16.7 Å². The van der Waals surface area contributed by atoms with Crippen LogP contribution in [0.2, 0.25) is 0 Å². The number of anilines is 1. The van der Waals surface area contributed by atoms with Gasteiger partial charge in [0.15, 0.2) is 6.61 Å². The Morgan fingerprint density at radius 2 is 2.06 bits per heavy atom. The zero-order valence-corrected chi connectivity index (χ0v) is 20.2. The van der Waals surface area contributed by atoms with Gasteiger partial charge in [-0.05, 0) is 43.7 Å². The molecule has 2 aliphatic rings. The van der Waals surface area contributed by atoms with Crippen molar-refractivity contribution in [2.45, 2.75) is 25.4 Å². The highest BCUT2D eigenvalue weighted by molar-refractivity contribution is 6.02. The summed E-state index contributed by atoms with van der Waals surface area (Å²) in [5, 5.41) is 13.9. The summed E-state index contributed by atoms with van der Waals surface area (Å²) in [4.78, 5) is 39.0. The van der Waals surface area contributed by atoms with Gasteiger partial charge in [0.25, 0.3) is 11.6 Å². The van der Waals surface area contributed by atoms with E-state index in [1.165, 1.54) is 23.1 Å². The number of hydrogen-bond acceptors (Lipinski definition) is 8. The van der Waals surface area contributed by atoms with Crippen molar-refractivity contribution >= 4 is 23.2 Å². The molecule has 1 fully saturated rings. The largest absolute Gasteiger partial charge is 0.492 e. The van der Waals surface area contributed by atoms with Crippen LogP contribution >= 0.6 is 0 Å². The van der Waals surface area contributed by atoms with Gasteiger partial charge in [0.1, 0.15) is 24.7 Å². The molecule has 2 aromatic carbocycles. The number of carbonyl (C=O) groups excluding carboxylic acids is 2. The number of rotatable bonds is 10. The van der Waals surface area contributed by atoms with Crippen LogP contribution in [0.5, 0.6) is 11.5 Å². The van der Waals surface area contributed by atoms with Gasteiger partial charge in [-0.3, -0.25) is 29.5 Å². The average Bonchev–Trinajstić information content (AvgIpc) is 2.89. The second-order valence-electron chi connectivity index (χ2n) is 8.77. The number of ether oxygens (including phenoxy) is 3. The molecule has 2 amide bonds. The SMILES string of the molecule is CN(CCOc1cccc(CNC(=O)CN2C(=O)COc3ccc([N+](=O)[O-])cc32)c1)C1CCOCC1. The lowest BCUT2D eigenvalue weighted by molar-refractivity contribution is -0.384. The number of likely N-dealkylation sites (N-methyl/N-ethyl adjacent to an activating group) is 1. The van der Waals surface area contributed by atoms with Crippen LogP contribution in [0.3, 0.4) is 0 Å². The molecule has 4 rings (SSSR count). The third-order valence-corrected chi connectivity index (χ3v) is 6.31.